The normalized spacial score (nSPS) is 17.6. The molecule has 8 rings (SSSR count). The predicted molar refractivity (Wildman–Crippen MR) is 276 cm³/mol. The van der Waals surface area contributed by atoms with Crippen LogP contribution < -0.4 is 5.73 Å². The van der Waals surface area contributed by atoms with Crippen molar-refractivity contribution in [2.75, 3.05) is 0 Å². The first kappa shape index (κ1) is 58.2. The summed E-state index contributed by atoms with van der Waals surface area (Å²) in [4.78, 5) is 79.9. The first-order valence-electron chi connectivity index (χ1n) is 26.2. The molecule has 0 spiro atoms. The number of nitrogens with zero attached hydrogens (tertiary/aromatic N) is 2. The van der Waals surface area contributed by atoms with Gasteiger partial charge in [0.1, 0.15) is 11.6 Å². The van der Waals surface area contributed by atoms with Crippen molar-refractivity contribution in [1.29, 1.82) is 0 Å². The van der Waals surface area contributed by atoms with E-state index in [0.717, 1.165) is 62.5 Å². The molecule has 6 aromatic rings. The largest absolute Gasteiger partial charge is 0.481 e. The molecule has 0 radical (unpaired) electrons. The number of carbonyl (C=O) groups is 6. The quantitative estimate of drug-likeness (QED) is 0.0484. The highest BCUT2D eigenvalue weighted by Gasteiger charge is 2.43. The van der Waals surface area contributed by atoms with Crippen LogP contribution in [0.2, 0.25) is 0 Å². The van der Waals surface area contributed by atoms with E-state index >= 15 is 0 Å². The zero-order valence-corrected chi connectivity index (χ0v) is 42.9. The Balaban J connectivity index is 0.000000226. The standard InChI is InChI=1S/C30H31F3N2O4.C30H30F3NO5/c31-30(32,33)28-27(35-29(39-28)23-5-2-1-3-6-23)25(37)8-4-7-24(36)17-19-9-13-21(14-10-19)22-15-11-20(12-16-22)18-26(34)38;31-30(32,33)28-27(34-29(39-28)23-5-2-1-3-6-23)25(36)8-4-7-24(35)17-19-9-13-21(14-10-19)22-15-11-20(12-16-22)18-26(37)38/h1-3,5-6,9-10,13-14,20,22H,4,7-8,11-12,15-18H2,(H2,34,38);1-3,5-6,9-10,13-14,20,22H,4,7-8,11-12,15-18H2,(H,37,38). The topological polar surface area (TPSA) is 201 Å². The molecule has 3 N–H and O–H groups in total. The third-order valence-electron chi connectivity index (χ3n) is 14.4. The summed E-state index contributed by atoms with van der Waals surface area (Å²) in [5.41, 5.74) is 8.51. The van der Waals surface area contributed by atoms with Crippen molar-refractivity contribution in [2.45, 2.75) is 140 Å². The maximum Gasteiger partial charge on any atom is 0.452 e. The maximum absolute atomic E-state index is 13.5. The summed E-state index contributed by atoms with van der Waals surface area (Å²) in [6.45, 7) is 0. The van der Waals surface area contributed by atoms with Crippen molar-refractivity contribution >= 4 is 35.0 Å². The molecule has 0 unspecified atom stereocenters. The number of aromatic nitrogens is 2. The third kappa shape index (κ3) is 16.8. The molecular weight excluding hydrogens is 1020 g/mol. The van der Waals surface area contributed by atoms with E-state index in [-0.39, 0.29) is 93.0 Å². The van der Waals surface area contributed by atoms with Gasteiger partial charge in [0.25, 0.3) is 0 Å². The van der Waals surface area contributed by atoms with Crippen molar-refractivity contribution in [3.8, 4) is 22.9 Å². The number of alkyl halides is 6. The lowest BCUT2D eigenvalue weighted by Crippen LogP contribution is -2.20. The second kappa shape index (κ2) is 26.7. The summed E-state index contributed by atoms with van der Waals surface area (Å²) in [6, 6.07) is 31.8. The van der Waals surface area contributed by atoms with E-state index in [9.17, 15) is 55.1 Å². The van der Waals surface area contributed by atoms with Crippen LogP contribution in [0.3, 0.4) is 0 Å². The minimum atomic E-state index is -4.87. The monoisotopic (exact) mass is 1080 g/mol. The van der Waals surface area contributed by atoms with E-state index < -0.39 is 52.8 Å². The smallest absolute Gasteiger partial charge is 0.452 e. The first-order chi connectivity index (χ1) is 37.2. The molecule has 2 aliphatic carbocycles. The lowest BCUT2D eigenvalue weighted by molar-refractivity contribution is -0.153. The van der Waals surface area contributed by atoms with Crippen LogP contribution in [0.5, 0.6) is 0 Å². The Morgan fingerprint density at radius 2 is 0.859 bits per heavy atom. The number of Topliss-reactive ketones (excluding diaryl/α,β-unsaturated/α-hetero) is 4. The van der Waals surface area contributed by atoms with Crippen molar-refractivity contribution in [3.63, 3.8) is 0 Å². The van der Waals surface area contributed by atoms with Gasteiger partial charge < -0.3 is 19.7 Å². The Kier molecular flexibility index (Phi) is 19.9. The van der Waals surface area contributed by atoms with Gasteiger partial charge in [0, 0.05) is 62.5 Å². The molecule has 1 amide bonds. The van der Waals surface area contributed by atoms with Gasteiger partial charge in [-0.1, -0.05) is 84.9 Å². The summed E-state index contributed by atoms with van der Waals surface area (Å²) in [6.07, 6.45) is -1.23. The Hall–Kier alpha value is -7.50. The summed E-state index contributed by atoms with van der Waals surface area (Å²) < 4.78 is 90.7. The molecule has 4 aromatic carbocycles. The van der Waals surface area contributed by atoms with Gasteiger partial charge in [0.2, 0.25) is 29.2 Å². The average molecular weight is 1080 g/mol. The Labute approximate surface area is 447 Å². The second-order valence-corrected chi connectivity index (χ2v) is 20.3. The molecule has 18 heteroatoms. The number of nitrogens with two attached hydrogens (primary N) is 1. The van der Waals surface area contributed by atoms with E-state index in [2.05, 4.69) is 9.97 Å². The number of primary amides is 1. The van der Waals surface area contributed by atoms with Crippen LogP contribution in [0, 0.1) is 11.8 Å². The van der Waals surface area contributed by atoms with E-state index in [1.807, 2.05) is 48.5 Å². The van der Waals surface area contributed by atoms with Gasteiger partial charge >= 0.3 is 18.3 Å². The van der Waals surface area contributed by atoms with E-state index in [0.29, 0.717) is 35.3 Å². The number of oxazole rings is 2. The molecule has 0 atom stereocenters. The Morgan fingerprint density at radius 3 is 1.19 bits per heavy atom. The van der Waals surface area contributed by atoms with Gasteiger partial charge in [0.05, 0.1) is 0 Å². The number of amides is 1. The Morgan fingerprint density at radius 1 is 0.500 bits per heavy atom. The zero-order valence-electron chi connectivity index (χ0n) is 42.9. The molecule has 0 aliphatic heterocycles. The maximum atomic E-state index is 13.5. The molecule has 2 aromatic heterocycles. The van der Waals surface area contributed by atoms with Crippen LogP contribution in [-0.4, -0.2) is 50.1 Å². The number of carboxylic acids is 1. The number of aliphatic carboxylic acids is 1. The van der Waals surface area contributed by atoms with Gasteiger partial charge in [-0.15, -0.1) is 0 Å². The fraction of sp³-hybridized carbons (Fsp3) is 0.400. The number of ketones is 4. The van der Waals surface area contributed by atoms with Crippen molar-refractivity contribution in [2.24, 2.45) is 17.6 Å². The van der Waals surface area contributed by atoms with Gasteiger partial charge in [-0.25, -0.2) is 9.97 Å². The summed E-state index contributed by atoms with van der Waals surface area (Å²) >= 11 is 0. The number of carbonyl (C=O) groups excluding carboxylic acids is 5. The minimum Gasteiger partial charge on any atom is -0.481 e. The van der Waals surface area contributed by atoms with E-state index in [4.69, 9.17) is 19.7 Å². The highest BCUT2D eigenvalue weighted by Crippen LogP contribution is 2.40. The second-order valence-electron chi connectivity index (χ2n) is 20.3. The van der Waals surface area contributed by atoms with E-state index in [1.165, 1.54) is 11.1 Å². The number of hydrogen-bond acceptors (Lipinski definition) is 10. The predicted octanol–water partition coefficient (Wildman–Crippen LogP) is 13.9. The summed E-state index contributed by atoms with van der Waals surface area (Å²) in [7, 11) is 0. The van der Waals surface area contributed by atoms with Gasteiger partial charge in [-0.3, -0.25) is 28.8 Å². The lowest BCUT2D eigenvalue weighted by atomic mass is 9.77. The van der Waals surface area contributed by atoms with Gasteiger partial charge in [0.15, 0.2) is 23.0 Å². The van der Waals surface area contributed by atoms with Crippen LogP contribution >= 0.6 is 0 Å². The lowest BCUT2D eigenvalue weighted by Gasteiger charge is -2.28. The molecule has 12 nitrogen and oxygen atoms in total. The summed E-state index contributed by atoms with van der Waals surface area (Å²) in [5, 5.41) is 8.97. The number of halogens is 6. The number of rotatable bonds is 22. The highest BCUT2D eigenvalue weighted by molar-refractivity contribution is 5.97. The van der Waals surface area contributed by atoms with Gasteiger partial charge in [-0.05, 0) is 134 Å². The summed E-state index contributed by atoms with van der Waals surface area (Å²) in [5.74, 6) is -4.83. The minimum absolute atomic E-state index is 0.0613. The number of hydrogen-bond donors (Lipinski definition) is 2. The van der Waals surface area contributed by atoms with Crippen LogP contribution in [0.4, 0.5) is 26.3 Å². The van der Waals surface area contributed by atoms with Crippen LogP contribution in [0.15, 0.2) is 118 Å². The molecule has 2 saturated carbocycles. The van der Waals surface area contributed by atoms with E-state index in [1.54, 1.807) is 60.7 Å². The third-order valence-corrected chi connectivity index (χ3v) is 14.4. The van der Waals surface area contributed by atoms with Crippen molar-refractivity contribution < 1.29 is 69.1 Å². The average Bonchev–Trinajstić information content (AvgIpc) is 4.10. The van der Waals surface area contributed by atoms with Crippen LogP contribution in [-0.2, 0) is 44.4 Å². The number of benzene rings is 4. The van der Waals surface area contributed by atoms with Crippen LogP contribution in [0.25, 0.3) is 22.9 Å². The highest BCUT2D eigenvalue weighted by atomic mass is 19.4. The van der Waals surface area contributed by atoms with Gasteiger partial charge in [-0.2, -0.15) is 26.3 Å². The molecule has 2 heterocycles. The van der Waals surface area contributed by atoms with Crippen LogP contribution in [0.1, 0.15) is 169 Å². The molecule has 412 valence electrons. The van der Waals surface area contributed by atoms with Crippen molar-refractivity contribution in [1.82, 2.24) is 9.97 Å². The molecule has 2 aliphatic rings. The SMILES string of the molecule is NC(=O)CC1CCC(c2ccc(CC(=O)CCCC(=O)c3nc(-c4ccccc4)oc3C(F)(F)F)cc2)CC1.O=C(O)CC1CCC(c2ccc(CC(=O)CCCC(=O)c3nc(-c4ccccc4)oc3C(F)(F)F)cc2)CC1. The molecule has 0 saturated heterocycles. The zero-order chi connectivity index (χ0) is 56.0. The molecule has 78 heavy (non-hydrogen) atoms. The Bertz CT molecular complexity index is 2790. The molecular formula is C60H61F6N3O9. The van der Waals surface area contributed by atoms with Crippen molar-refractivity contribution in [3.05, 3.63) is 154 Å². The fourth-order valence-corrected chi connectivity index (χ4v) is 10.3. The molecule has 0 bridgehead atoms. The fourth-order valence-electron chi connectivity index (χ4n) is 10.3. The molecule has 2 fully saturated rings. The number of carboxylic acid groups (broad SMARTS) is 1. The first-order valence-corrected chi connectivity index (χ1v) is 26.2.